The van der Waals surface area contributed by atoms with Gasteiger partial charge in [-0.3, -0.25) is 10.1 Å². The van der Waals surface area contributed by atoms with E-state index in [1.807, 2.05) is 18.2 Å². The third-order valence-corrected chi connectivity index (χ3v) is 2.47. The van der Waals surface area contributed by atoms with Gasteiger partial charge in [0.2, 0.25) is 0 Å². The quantitative estimate of drug-likeness (QED) is 0.635. The van der Waals surface area contributed by atoms with Gasteiger partial charge in [-0.1, -0.05) is 0 Å². The first-order valence-corrected chi connectivity index (χ1v) is 5.25. The van der Waals surface area contributed by atoms with E-state index in [0.717, 1.165) is 5.69 Å². The predicted octanol–water partition coefficient (Wildman–Crippen LogP) is 2.41. The molecule has 0 bridgehead atoms. The van der Waals surface area contributed by atoms with Gasteiger partial charge in [0.05, 0.1) is 22.7 Å². The van der Waals surface area contributed by atoms with Crippen LogP contribution in [0.1, 0.15) is 11.3 Å². The van der Waals surface area contributed by atoms with E-state index in [-0.39, 0.29) is 11.3 Å². The van der Waals surface area contributed by atoms with Crippen LogP contribution in [0.2, 0.25) is 0 Å². The average Bonchev–Trinajstić information content (AvgIpc) is 2.89. The van der Waals surface area contributed by atoms with Crippen molar-refractivity contribution in [2.45, 2.75) is 6.54 Å². The van der Waals surface area contributed by atoms with Crippen LogP contribution in [0.3, 0.4) is 0 Å². The van der Waals surface area contributed by atoms with Crippen LogP contribution in [0.15, 0.2) is 36.5 Å². The highest BCUT2D eigenvalue weighted by Crippen LogP contribution is 2.21. The largest absolute Gasteiger partial charge is 0.378 e. The Morgan fingerprint density at radius 2 is 2.28 bits per heavy atom. The molecule has 2 rings (SSSR count). The standard InChI is InChI=1S/C12H10N4O2/c13-7-9-6-11(16(17)18)3-4-12(9)15-8-10-2-1-5-14-10/h1-6,14-15H,8H2. The van der Waals surface area contributed by atoms with Gasteiger partial charge in [0.1, 0.15) is 6.07 Å². The topological polar surface area (TPSA) is 94.8 Å². The second-order valence-corrected chi connectivity index (χ2v) is 3.65. The van der Waals surface area contributed by atoms with Gasteiger partial charge in [0, 0.05) is 24.0 Å². The van der Waals surface area contributed by atoms with Gasteiger partial charge in [-0.2, -0.15) is 5.26 Å². The Morgan fingerprint density at radius 3 is 2.89 bits per heavy atom. The van der Waals surface area contributed by atoms with Crippen molar-refractivity contribution in [1.29, 1.82) is 5.26 Å². The van der Waals surface area contributed by atoms with Crippen LogP contribution in [0.5, 0.6) is 0 Å². The van der Waals surface area contributed by atoms with Gasteiger partial charge in [-0.05, 0) is 18.2 Å². The number of benzene rings is 1. The molecule has 1 heterocycles. The van der Waals surface area contributed by atoms with Crippen LogP contribution in [0, 0.1) is 21.4 Å². The molecule has 1 aromatic heterocycles. The number of hydrogen-bond acceptors (Lipinski definition) is 4. The summed E-state index contributed by atoms with van der Waals surface area (Å²) in [7, 11) is 0. The molecule has 0 radical (unpaired) electrons. The molecule has 18 heavy (non-hydrogen) atoms. The SMILES string of the molecule is N#Cc1cc([N+](=O)[O-])ccc1NCc1ccc[nH]1. The summed E-state index contributed by atoms with van der Waals surface area (Å²) >= 11 is 0. The fourth-order valence-corrected chi connectivity index (χ4v) is 1.56. The first kappa shape index (κ1) is 11.7. The minimum Gasteiger partial charge on any atom is -0.378 e. The molecule has 1 aromatic carbocycles. The van der Waals surface area contributed by atoms with E-state index in [0.29, 0.717) is 12.2 Å². The molecule has 0 aliphatic rings. The van der Waals surface area contributed by atoms with E-state index in [1.165, 1.54) is 12.1 Å². The molecule has 0 unspecified atom stereocenters. The summed E-state index contributed by atoms with van der Waals surface area (Å²) in [4.78, 5) is 13.1. The maximum Gasteiger partial charge on any atom is 0.270 e. The van der Waals surface area contributed by atoms with E-state index in [4.69, 9.17) is 5.26 Å². The third kappa shape index (κ3) is 2.47. The Labute approximate surface area is 103 Å². The number of hydrogen-bond donors (Lipinski definition) is 2. The minimum atomic E-state index is -0.518. The van der Waals surface area contributed by atoms with Crippen molar-refractivity contribution in [3.8, 4) is 6.07 Å². The zero-order valence-corrected chi connectivity index (χ0v) is 9.38. The normalized spacial score (nSPS) is 9.72. The molecule has 6 heteroatoms. The molecule has 0 saturated carbocycles. The summed E-state index contributed by atoms with van der Waals surface area (Å²) in [5, 5.41) is 22.6. The van der Waals surface area contributed by atoms with Gasteiger partial charge >= 0.3 is 0 Å². The molecule has 0 aliphatic heterocycles. The molecule has 0 atom stereocenters. The summed E-state index contributed by atoms with van der Waals surface area (Å²) in [5.41, 5.74) is 1.72. The highest BCUT2D eigenvalue weighted by atomic mass is 16.6. The number of nitriles is 1. The van der Waals surface area contributed by atoms with Crippen molar-refractivity contribution >= 4 is 11.4 Å². The Balaban J connectivity index is 2.18. The number of H-pyrrole nitrogens is 1. The maximum absolute atomic E-state index is 10.6. The molecule has 0 aliphatic carbocycles. The summed E-state index contributed by atoms with van der Waals surface area (Å²) in [6, 6.07) is 9.90. The lowest BCUT2D eigenvalue weighted by molar-refractivity contribution is -0.384. The second kappa shape index (κ2) is 5.01. The Hall–Kier alpha value is -2.81. The fraction of sp³-hybridized carbons (Fsp3) is 0.0833. The first-order chi connectivity index (χ1) is 8.70. The Bertz CT molecular complexity index is 599. The fourth-order valence-electron chi connectivity index (χ4n) is 1.56. The van der Waals surface area contributed by atoms with Gasteiger partial charge in [-0.15, -0.1) is 0 Å². The molecule has 0 amide bonds. The molecular formula is C12H10N4O2. The lowest BCUT2D eigenvalue weighted by atomic mass is 10.1. The smallest absolute Gasteiger partial charge is 0.270 e. The van der Waals surface area contributed by atoms with Crippen molar-refractivity contribution in [2.24, 2.45) is 0 Å². The molecule has 0 saturated heterocycles. The van der Waals surface area contributed by atoms with Gasteiger partial charge in [-0.25, -0.2) is 0 Å². The molecule has 0 fully saturated rings. The van der Waals surface area contributed by atoms with E-state index in [2.05, 4.69) is 10.3 Å². The van der Waals surface area contributed by atoms with E-state index in [9.17, 15) is 10.1 Å². The first-order valence-electron chi connectivity index (χ1n) is 5.25. The number of aromatic amines is 1. The molecule has 2 aromatic rings. The van der Waals surface area contributed by atoms with Crippen LogP contribution < -0.4 is 5.32 Å². The number of nitro groups is 1. The molecule has 6 nitrogen and oxygen atoms in total. The zero-order chi connectivity index (χ0) is 13.0. The summed E-state index contributed by atoms with van der Waals surface area (Å²) in [5.74, 6) is 0. The minimum absolute atomic E-state index is 0.0861. The van der Waals surface area contributed by atoms with Crippen LogP contribution >= 0.6 is 0 Å². The number of nitrogens with one attached hydrogen (secondary N) is 2. The molecule has 90 valence electrons. The number of anilines is 1. The summed E-state index contributed by atoms with van der Waals surface area (Å²) in [6.45, 7) is 0.527. The highest BCUT2D eigenvalue weighted by molar-refractivity contribution is 5.61. The maximum atomic E-state index is 10.6. The van der Waals surface area contributed by atoms with Crippen molar-refractivity contribution in [1.82, 2.24) is 4.98 Å². The molecular weight excluding hydrogens is 232 g/mol. The third-order valence-electron chi connectivity index (χ3n) is 2.47. The number of non-ortho nitro benzene ring substituents is 1. The molecule has 0 spiro atoms. The second-order valence-electron chi connectivity index (χ2n) is 3.65. The van der Waals surface area contributed by atoms with Crippen molar-refractivity contribution in [2.75, 3.05) is 5.32 Å². The Morgan fingerprint density at radius 1 is 1.44 bits per heavy atom. The van der Waals surface area contributed by atoms with Crippen molar-refractivity contribution in [3.05, 3.63) is 57.9 Å². The lowest BCUT2D eigenvalue weighted by Gasteiger charge is -2.06. The number of nitrogens with zero attached hydrogens (tertiary/aromatic N) is 2. The van der Waals surface area contributed by atoms with E-state index >= 15 is 0 Å². The van der Waals surface area contributed by atoms with Crippen LogP contribution in [-0.4, -0.2) is 9.91 Å². The van der Waals surface area contributed by atoms with E-state index < -0.39 is 4.92 Å². The van der Waals surface area contributed by atoms with Crippen LogP contribution in [0.25, 0.3) is 0 Å². The van der Waals surface area contributed by atoms with Crippen LogP contribution in [-0.2, 0) is 6.54 Å². The van der Waals surface area contributed by atoms with Crippen molar-refractivity contribution < 1.29 is 4.92 Å². The van der Waals surface area contributed by atoms with Gasteiger partial charge in [0.25, 0.3) is 5.69 Å². The van der Waals surface area contributed by atoms with Crippen molar-refractivity contribution in [3.63, 3.8) is 0 Å². The van der Waals surface area contributed by atoms with E-state index in [1.54, 1.807) is 12.3 Å². The number of nitro benzene ring substituents is 1. The molecule has 2 N–H and O–H groups in total. The zero-order valence-electron chi connectivity index (χ0n) is 9.38. The lowest BCUT2D eigenvalue weighted by Crippen LogP contribution is -2.02. The summed E-state index contributed by atoms with van der Waals surface area (Å²) < 4.78 is 0. The van der Waals surface area contributed by atoms with Gasteiger partial charge < -0.3 is 10.3 Å². The highest BCUT2D eigenvalue weighted by Gasteiger charge is 2.10. The predicted molar refractivity (Wildman–Crippen MR) is 65.9 cm³/mol. The van der Waals surface area contributed by atoms with Crippen LogP contribution in [0.4, 0.5) is 11.4 Å². The summed E-state index contributed by atoms with van der Waals surface area (Å²) in [6.07, 6.45) is 1.80. The number of aromatic nitrogens is 1. The van der Waals surface area contributed by atoms with Gasteiger partial charge in [0.15, 0.2) is 0 Å². The Kier molecular flexibility index (Phi) is 3.25. The average molecular weight is 242 g/mol. The number of rotatable bonds is 4. The monoisotopic (exact) mass is 242 g/mol.